The molecule has 6 nitrogen and oxygen atoms in total. The van der Waals surface area contributed by atoms with Crippen molar-refractivity contribution < 1.29 is 31.1 Å². The van der Waals surface area contributed by atoms with Crippen molar-refractivity contribution in [3.8, 4) is 5.75 Å². The average Bonchev–Trinajstić information content (AvgIpc) is 2.67. The maximum Gasteiger partial charge on any atom is 0.416 e. The fourth-order valence-electron chi connectivity index (χ4n) is 2.50. The van der Waals surface area contributed by atoms with Crippen molar-refractivity contribution in [1.82, 2.24) is 10.0 Å². The van der Waals surface area contributed by atoms with Crippen LogP contribution in [0.2, 0.25) is 0 Å². The average molecular weight is 444 g/mol. The van der Waals surface area contributed by atoms with Gasteiger partial charge in [-0.25, -0.2) is 13.1 Å². The van der Waals surface area contributed by atoms with E-state index in [0.717, 1.165) is 29.5 Å². The molecule has 2 aromatic carbocycles. The van der Waals surface area contributed by atoms with E-state index in [0.29, 0.717) is 12.5 Å². The molecule has 0 fully saturated rings. The first-order chi connectivity index (χ1) is 14.0. The van der Waals surface area contributed by atoms with Crippen molar-refractivity contribution >= 4 is 15.9 Å². The number of hydrogen-bond acceptors (Lipinski definition) is 4. The number of sulfonamides is 1. The van der Waals surface area contributed by atoms with Crippen LogP contribution in [0.1, 0.15) is 25.0 Å². The molecule has 0 heterocycles. The second-order valence-electron chi connectivity index (χ2n) is 6.76. The van der Waals surface area contributed by atoms with Crippen LogP contribution in [0.4, 0.5) is 13.2 Å². The van der Waals surface area contributed by atoms with Gasteiger partial charge in [-0.05, 0) is 56.2 Å². The number of amides is 1. The summed E-state index contributed by atoms with van der Waals surface area (Å²) in [6.07, 6.45) is -4.08. The Hall–Kier alpha value is -2.59. The van der Waals surface area contributed by atoms with Gasteiger partial charge in [0.25, 0.3) is 0 Å². The number of nitrogens with one attached hydrogen (secondary N) is 2. The molecule has 0 aliphatic heterocycles. The molecule has 30 heavy (non-hydrogen) atoms. The highest BCUT2D eigenvalue weighted by atomic mass is 32.2. The highest BCUT2D eigenvalue weighted by Gasteiger charge is 2.31. The highest BCUT2D eigenvalue weighted by molar-refractivity contribution is 7.89. The minimum atomic E-state index is -4.66. The van der Waals surface area contributed by atoms with Gasteiger partial charge in [0.1, 0.15) is 5.75 Å². The maximum atomic E-state index is 12.7. The summed E-state index contributed by atoms with van der Waals surface area (Å²) in [7, 11) is -4.25. The number of ether oxygens (including phenoxy) is 1. The number of alkyl halides is 3. The predicted octanol–water partition coefficient (Wildman–Crippen LogP) is 3.13. The fourth-order valence-corrected chi connectivity index (χ4v) is 3.53. The Kier molecular flexibility index (Phi) is 7.85. The largest absolute Gasteiger partial charge is 0.491 e. The molecule has 0 spiro atoms. The molecule has 2 rings (SSSR count). The number of carbonyl (C=O) groups is 1. The number of hydrogen-bond donors (Lipinski definition) is 2. The van der Waals surface area contributed by atoms with E-state index in [9.17, 15) is 26.4 Å². The second kappa shape index (κ2) is 9.94. The Bertz CT molecular complexity index is 959. The third kappa shape index (κ3) is 7.34. The summed E-state index contributed by atoms with van der Waals surface area (Å²) in [5, 5.41) is 2.56. The molecule has 0 unspecified atom stereocenters. The van der Waals surface area contributed by atoms with Gasteiger partial charge in [0.15, 0.2) is 0 Å². The summed E-state index contributed by atoms with van der Waals surface area (Å²) in [6.45, 7) is 3.53. The van der Waals surface area contributed by atoms with E-state index in [1.807, 2.05) is 42.8 Å². The van der Waals surface area contributed by atoms with E-state index in [1.54, 1.807) is 0 Å². The molecule has 2 N–H and O–H groups in total. The van der Waals surface area contributed by atoms with E-state index in [-0.39, 0.29) is 12.6 Å². The third-order valence-electron chi connectivity index (χ3n) is 3.93. The summed E-state index contributed by atoms with van der Waals surface area (Å²) in [4.78, 5) is 11.3. The smallest absolute Gasteiger partial charge is 0.416 e. The van der Waals surface area contributed by atoms with Crippen LogP contribution in [0.3, 0.4) is 0 Å². The lowest BCUT2D eigenvalue weighted by molar-refractivity contribution is -0.137. The van der Waals surface area contributed by atoms with Crippen molar-refractivity contribution in [2.75, 3.05) is 13.1 Å². The fraction of sp³-hybridized carbons (Fsp3) is 0.350. The van der Waals surface area contributed by atoms with Gasteiger partial charge in [-0.2, -0.15) is 13.2 Å². The van der Waals surface area contributed by atoms with Crippen molar-refractivity contribution in [3.05, 3.63) is 59.7 Å². The van der Waals surface area contributed by atoms with Crippen LogP contribution in [-0.2, 0) is 27.4 Å². The molecule has 0 aliphatic rings. The van der Waals surface area contributed by atoms with E-state index in [1.165, 1.54) is 0 Å². The molecule has 10 heteroatoms. The van der Waals surface area contributed by atoms with Gasteiger partial charge in [-0.3, -0.25) is 4.79 Å². The third-order valence-corrected chi connectivity index (χ3v) is 5.32. The SMILES string of the molecule is CC(C)Oc1ccc(CCNC(=O)CNS(=O)(=O)c2cccc(C(F)(F)F)c2)cc1. The molecule has 0 radical (unpaired) electrons. The zero-order chi connectivity index (χ0) is 22.4. The lowest BCUT2D eigenvalue weighted by Crippen LogP contribution is -2.37. The summed E-state index contributed by atoms with van der Waals surface area (Å²) >= 11 is 0. The van der Waals surface area contributed by atoms with Gasteiger partial charge in [0.05, 0.1) is 23.1 Å². The molecule has 0 aliphatic carbocycles. The van der Waals surface area contributed by atoms with Crippen LogP contribution in [0.15, 0.2) is 53.4 Å². The summed E-state index contributed by atoms with van der Waals surface area (Å²) in [6, 6.07) is 10.7. The molecular formula is C20H23F3N2O4S. The Morgan fingerprint density at radius 3 is 2.37 bits per heavy atom. The molecule has 0 bridgehead atoms. The van der Waals surface area contributed by atoms with Crippen molar-refractivity contribution in [2.45, 2.75) is 37.4 Å². The molecule has 1 amide bonds. The van der Waals surface area contributed by atoms with Gasteiger partial charge in [-0.15, -0.1) is 0 Å². The first-order valence-corrected chi connectivity index (χ1v) is 10.6. The Morgan fingerprint density at radius 1 is 1.10 bits per heavy atom. The Labute approximate surface area is 173 Å². The van der Waals surface area contributed by atoms with Crippen molar-refractivity contribution in [3.63, 3.8) is 0 Å². The van der Waals surface area contributed by atoms with E-state index >= 15 is 0 Å². The summed E-state index contributed by atoms with van der Waals surface area (Å²) in [5.41, 5.74) is -0.129. The van der Waals surface area contributed by atoms with Gasteiger partial charge in [0, 0.05) is 6.54 Å². The lowest BCUT2D eigenvalue weighted by Gasteiger charge is -2.11. The molecule has 0 saturated heterocycles. The first kappa shape index (κ1) is 23.7. The quantitative estimate of drug-likeness (QED) is 0.623. The number of benzene rings is 2. The molecule has 164 valence electrons. The van der Waals surface area contributed by atoms with E-state index < -0.39 is 39.1 Å². The van der Waals surface area contributed by atoms with Crippen LogP contribution in [-0.4, -0.2) is 33.5 Å². The topological polar surface area (TPSA) is 84.5 Å². The molecule has 0 aromatic heterocycles. The van der Waals surface area contributed by atoms with Crippen LogP contribution in [0, 0.1) is 0 Å². The van der Waals surface area contributed by atoms with Crippen LogP contribution >= 0.6 is 0 Å². The normalized spacial score (nSPS) is 12.1. The number of carbonyl (C=O) groups excluding carboxylic acids is 1. The van der Waals surface area contributed by atoms with Gasteiger partial charge >= 0.3 is 6.18 Å². The standard InChI is InChI=1S/C20H23F3N2O4S/c1-14(2)29-17-8-6-15(7-9-17)10-11-24-19(26)13-25-30(27,28)18-5-3-4-16(12-18)20(21,22)23/h3-9,12,14,25H,10-11,13H2,1-2H3,(H,24,26). The Balaban J connectivity index is 1.83. The van der Waals surface area contributed by atoms with Crippen LogP contribution < -0.4 is 14.8 Å². The molecule has 2 aromatic rings. The lowest BCUT2D eigenvalue weighted by atomic mass is 10.1. The zero-order valence-corrected chi connectivity index (χ0v) is 17.3. The minimum absolute atomic E-state index is 0.0647. The van der Waals surface area contributed by atoms with Crippen LogP contribution in [0.25, 0.3) is 0 Å². The first-order valence-electron chi connectivity index (χ1n) is 9.16. The van der Waals surface area contributed by atoms with E-state index in [2.05, 4.69) is 5.32 Å². The summed E-state index contributed by atoms with van der Waals surface area (Å²) in [5.74, 6) is 0.145. The highest BCUT2D eigenvalue weighted by Crippen LogP contribution is 2.30. The molecule has 0 saturated carbocycles. The van der Waals surface area contributed by atoms with Crippen molar-refractivity contribution in [2.24, 2.45) is 0 Å². The number of halogens is 3. The maximum absolute atomic E-state index is 12.7. The zero-order valence-electron chi connectivity index (χ0n) is 16.5. The predicted molar refractivity (Wildman–Crippen MR) is 106 cm³/mol. The van der Waals surface area contributed by atoms with Gasteiger partial charge in [0.2, 0.25) is 15.9 Å². The van der Waals surface area contributed by atoms with Crippen LogP contribution in [0.5, 0.6) is 5.75 Å². The molecule has 0 atom stereocenters. The minimum Gasteiger partial charge on any atom is -0.491 e. The van der Waals surface area contributed by atoms with Crippen molar-refractivity contribution in [1.29, 1.82) is 0 Å². The monoisotopic (exact) mass is 444 g/mol. The Morgan fingerprint density at radius 2 is 1.77 bits per heavy atom. The molecular weight excluding hydrogens is 421 g/mol. The van der Waals surface area contributed by atoms with Gasteiger partial charge < -0.3 is 10.1 Å². The van der Waals surface area contributed by atoms with E-state index in [4.69, 9.17) is 4.74 Å². The summed E-state index contributed by atoms with van der Waals surface area (Å²) < 4.78 is 70.1. The van der Waals surface area contributed by atoms with Gasteiger partial charge in [-0.1, -0.05) is 18.2 Å². The number of rotatable bonds is 9. The second-order valence-corrected chi connectivity index (χ2v) is 8.53.